The maximum Gasteiger partial charge on any atom is 0.270 e. The second-order valence-electron chi connectivity index (χ2n) is 5.78. The third kappa shape index (κ3) is 4.01. The van der Waals surface area contributed by atoms with Crippen molar-refractivity contribution in [2.45, 2.75) is 44.6 Å². The van der Waals surface area contributed by atoms with E-state index < -0.39 is 10.5 Å². The number of nitro groups is 1. The van der Waals surface area contributed by atoms with E-state index in [0.717, 1.165) is 19.3 Å². The van der Waals surface area contributed by atoms with Crippen LogP contribution in [-0.4, -0.2) is 28.1 Å². The van der Waals surface area contributed by atoms with E-state index in [-0.39, 0.29) is 23.7 Å². The lowest BCUT2D eigenvalue weighted by Crippen LogP contribution is -2.44. The fourth-order valence-corrected chi connectivity index (χ4v) is 2.73. The molecule has 0 bridgehead atoms. The number of nitrogens with zero attached hydrogens (tertiary/aromatic N) is 1. The van der Waals surface area contributed by atoms with Gasteiger partial charge in [0.25, 0.3) is 11.6 Å². The first-order valence-corrected chi connectivity index (χ1v) is 7.16. The summed E-state index contributed by atoms with van der Waals surface area (Å²) in [6.07, 6.45) is 4.40. The topological polar surface area (TPSA) is 92.5 Å². The standard InChI is InChI=1S/C15H20N2O4/c1-11-7-12(9-13(8-11)17(20)21)14(18)16-10-15(19)5-3-2-4-6-15/h7-9,19H,2-6,10H2,1H3,(H,16,18). The average molecular weight is 292 g/mol. The maximum atomic E-state index is 12.1. The Labute approximate surface area is 123 Å². The summed E-state index contributed by atoms with van der Waals surface area (Å²) in [5.41, 5.74) is -0.0349. The fourth-order valence-electron chi connectivity index (χ4n) is 2.73. The molecule has 6 nitrogen and oxygen atoms in total. The van der Waals surface area contributed by atoms with Crippen LogP contribution in [-0.2, 0) is 0 Å². The van der Waals surface area contributed by atoms with Crippen LogP contribution in [0.15, 0.2) is 18.2 Å². The molecule has 0 aromatic heterocycles. The van der Waals surface area contributed by atoms with Crippen molar-refractivity contribution in [3.05, 3.63) is 39.4 Å². The SMILES string of the molecule is Cc1cc(C(=O)NCC2(O)CCCCC2)cc([N+](=O)[O-])c1. The van der Waals surface area contributed by atoms with Crippen molar-refractivity contribution >= 4 is 11.6 Å². The first-order chi connectivity index (χ1) is 9.89. The normalized spacial score (nSPS) is 17.2. The van der Waals surface area contributed by atoms with Crippen molar-refractivity contribution in [1.29, 1.82) is 0 Å². The Morgan fingerprint density at radius 2 is 2.00 bits per heavy atom. The zero-order chi connectivity index (χ0) is 15.5. The first kappa shape index (κ1) is 15.4. The van der Waals surface area contributed by atoms with Crippen molar-refractivity contribution in [2.24, 2.45) is 0 Å². The second-order valence-corrected chi connectivity index (χ2v) is 5.78. The maximum absolute atomic E-state index is 12.1. The smallest absolute Gasteiger partial charge is 0.270 e. The molecule has 2 rings (SSSR count). The third-order valence-electron chi connectivity index (χ3n) is 3.90. The van der Waals surface area contributed by atoms with E-state index in [1.54, 1.807) is 13.0 Å². The molecule has 0 saturated heterocycles. The van der Waals surface area contributed by atoms with Crippen LogP contribution in [0.1, 0.15) is 48.0 Å². The summed E-state index contributed by atoms with van der Waals surface area (Å²) in [6.45, 7) is 1.89. The Balaban J connectivity index is 2.04. The van der Waals surface area contributed by atoms with Gasteiger partial charge in [-0.1, -0.05) is 19.3 Å². The molecule has 6 heteroatoms. The van der Waals surface area contributed by atoms with E-state index in [0.29, 0.717) is 18.4 Å². The number of nitrogens with one attached hydrogen (secondary N) is 1. The largest absolute Gasteiger partial charge is 0.388 e. The quantitative estimate of drug-likeness (QED) is 0.658. The number of hydrogen-bond donors (Lipinski definition) is 2. The van der Waals surface area contributed by atoms with Gasteiger partial charge in [-0.3, -0.25) is 14.9 Å². The highest BCUT2D eigenvalue weighted by Gasteiger charge is 2.29. The minimum Gasteiger partial charge on any atom is -0.388 e. The number of nitro benzene ring substituents is 1. The van der Waals surface area contributed by atoms with Gasteiger partial charge in [-0.25, -0.2) is 0 Å². The van der Waals surface area contributed by atoms with Crippen LogP contribution in [0.3, 0.4) is 0 Å². The van der Waals surface area contributed by atoms with Crippen LogP contribution in [0.25, 0.3) is 0 Å². The minimum atomic E-state index is -0.844. The van der Waals surface area contributed by atoms with Gasteiger partial charge in [-0.05, 0) is 31.4 Å². The molecule has 0 heterocycles. The molecule has 1 aliphatic carbocycles. The minimum absolute atomic E-state index is 0.100. The Morgan fingerprint density at radius 1 is 1.33 bits per heavy atom. The molecular formula is C15H20N2O4. The third-order valence-corrected chi connectivity index (χ3v) is 3.90. The molecule has 114 valence electrons. The van der Waals surface area contributed by atoms with Crippen molar-refractivity contribution in [3.8, 4) is 0 Å². The van der Waals surface area contributed by atoms with Crippen LogP contribution in [0.4, 0.5) is 5.69 Å². The van der Waals surface area contributed by atoms with Crippen molar-refractivity contribution < 1.29 is 14.8 Å². The lowest BCUT2D eigenvalue weighted by Gasteiger charge is -2.32. The number of non-ortho nitro benzene ring substituents is 1. The van der Waals surface area contributed by atoms with E-state index in [1.807, 2.05) is 0 Å². The lowest BCUT2D eigenvalue weighted by atomic mass is 9.85. The van der Waals surface area contributed by atoms with Gasteiger partial charge in [0.1, 0.15) is 0 Å². The summed E-state index contributed by atoms with van der Waals surface area (Å²) < 4.78 is 0. The Morgan fingerprint density at radius 3 is 2.62 bits per heavy atom. The molecule has 0 atom stereocenters. The van der Waals surface area contributed by atoms with E-state index in [9.17, 15) is 20.0 Å². The van der Waals surface area contributed by atoms with Gasteiger partial charge < -0.3 is 10.4 Å². The van der Waals surface area contributed by atoms with Gasteiger partial charge in [-0.15, -0.1) is 0 Å². The van der Waals surface area contributed by atoms with E-state index in [2.05, 4.69) is 5.32 Å². The zero-order valence-electron chi connectivity index (χ0n) is 12.1. The number of aryl methyl sites for hydroxylation is 1. The number of carbonyl (C=O) groups excluding carboxylic acids is 1. The zero-order valence-corrected chi connectivity index (χ0v) is 12.1. The fraction of sp³-hybridized carbons (Fsp3) is 0.533. The van der Waals surface area contributed by atoms with Gasteiger partial charge in [0, 0.05) is 24.2 Å². The van der Waals surface area contributed by atoms with Crippen molar-refractivity contribution in [3.63, 3.8) is 0 Å². The highest BCUT2D eigenvalue weighted by molar-refractivity contribution is 5.95. The van der Waals surface area contributed by atoms with Crippen LogP contribution < -0.4 is 5.32 Å². The van der Waals surface area contributed by atoms with Gasteiger partial charge in [0.05, 0.1) is 10.5 Å². The van der Waals surface area contributed by atoms with Crippen LogP contribution >= 0.6 is 0 Å². The van der Waals surface area contributed by atoms with E-state index in [1.165, 1.54) is 12.1 Å². The second kappa shape index (κ2) is 6.22. The summed E-state index contributed by atoms with van der Waals surface area (Å²) in [6, 6.07) is 4.28. The molecule has 2 N–H and O–H groups in total. The molecule has 21 heavy (non-hydrogen) atoms. The number of aliphatic hydroxyl groups is 1. The number of benzene rings is 1. The van der Waals surface area contributed by atoms with E-state index >= 15 is 0 Å². The lowest BCUT2D eigenvalue weighted by molar-refractivity contribution is -0.384. The highest BCUT2D eigenvalue weighted by atomic mass is 16.6. The molecule has 1 amide bonds. The summed E-state index contributed by atoms with van der Waals surface area (Å²) in [5, 5.41) is 23.9. The molecule has 1 aromatic rings. The summed E-state index contributed by atoms with van der Waals surface area (Å²) in [5.74, 6) is -0.388. The highest BCUT2D eigenvalue weighted by Crippen LogP contribution is 2.27. The number of hydrogen-bond acceptors (Lipinski definition) is 4. The molecular weight excluding hydrogens is 272 g/mol. The molecule has 0 unspecified atom stereocenters. The van der Waals surface area contributed by atoms with Crippen LogP contribution in [0.2, 0.25) is 0 Å². The van der Waals surface area contributed by atoms with Gasteiger partial charge >= 0.3 is 0 Å². The molecule has 1 fully saturated rings. The molecule has 0 spiro atoms. The number of rotatable bonds is 4. The molecule has 1 aromatic carbocycles. The average Bonchev–Trinajstić information content (AvgIpc) is 2.45. The molecule has 1 aliphatic rings. The predicted octanol–water partition coefficient (Wildman–Crippen LogP) is 2.33. The van der Waals surface area contributed by atoms with Gasteiger partial charge in [0.15, 0.2) is 0 Å². The summed E-state index contributed by atoms with van der Waals surface area (Å²) in [4.78, 5) is 22.4. The monoisotopic (exact) mass is 292 g/mol. The Bertz CT molecular complexity index is 551. The summed E-state index contributed by atoms with van der Waals surface area (Å²) >= 11 is 0. The van der Waals surface area contributed by atoms with E-state index in [4.69, 9.17) is 0 Å². The first-order valence-electron chi connectivity index (χ1n) is 7.16. The van der Waals surface area contributed by atoms with Gasteiger partial charge in [-0.2, -0.15) is 0 Å². The van der Waals surface area contributed by atoms with Crippen LogP contribution in [0, 0.1) is 17.0 Å². The Hall–Kier alpha value is -1.95. The molecule has 1 saturated carbocycles. The van der Waals surface area contributed by atoms with Crippen LogP contribution in [0.5, 0.6) is 0 Å². The Kier molecular flexibility index (Phi) is 4.57. The van der Waals surface area contributed by atoms with Gasteiger partial charge in [0.2, 0.25) is 0 Å². The van der Waals surface area contributed by atoms with Crippen molar-refractivity contribution in [1.82, 2.24) is 5.32 Å². The number of carbonyl (C=O) groups is 1. The summed E-state index contributed by atoms with van der Waals surface area (Å²) in [7, 11) is 0. The predicted molar refractivity (Wildman–Crippen MR) is 78.2 cm³/mol. The molecule has 0 radical (unpaired) electrons. The number of amides is 1. The van der Waals surface area contributed by atoms with Crippen molar-refractivity contribution in [2.75, 3.05) is 6.54 Å². The molecule has 0 aliphatic heterocycles.